The zero-order valence-electron chi connectivity index (χ0n) is 13.4. The number of aromatic nitrogens is 1. The lowest BCUT2D eigenvalue weighted by Crippen LogP contribution is -2.40. The highest BCUT2D eigenvalue weighted by Gasteiger charge is 2.21. The van der Waals surface area contributed by atoms with E-state index in [9.17, 15) is 4.79 Å². The molecule has 0 aliphatic heterocycles. The maximum absolute atomic E-state index is 11.7. The molecule has 2 aromatic rings. The molecule has 3 rings (SSSR count). The quantitative estimate of drug-likeness (QED) is 0.812. The molecule has 0 amide bonds. The molecule has 3 N–H and O–H groups in total. The molecule has 0 bridgehead atoms. The summed E-state index contributed by atoms with van der Waals surface area (Å²) in [5, 5.41) is 8.99. The maximum Gasteiger partial charge on any atom is 0.255 e. The van der Waals surface area contributed by atoms with Gasteiger partial charge in [0.05, 0.1) is 0 Å². The third-order valence-corrected chi connectivity index (χ3v) is 4.44. The number of fused-ring (bicyclic) bond motifs is 1. The Kier molecular flexibility index (Phi) is 4.48. The summed E-state index contributed by atoms with van der Waals surface area (Å²) in [5.41, 5.74) is 1.09. The summed E-state index contributed by atoms with van der Waals surface area (Å²) in [6, 6.07) is 9.69. The Morgan fingerprint density at radius 1 is 1.09 bits per heavy atom. The Bertz CT molecular complexity index is 684. The monoisotopic (exact) mass is 299 g/mol. The second-order valence-electron chi connectivity index (χ2n) is 6.62. The van der Waals surface area contributed by atoms with Crippen LogP contribution < -0.4 is 16.2 Å². The lowest BCUT2D eigenvalue weighted by Gasteiger charge is -2.31. The van der Waals surface area contributed by atoms with E-state index < -0.39 is 0 Å². The Balaban J connectivity index is 1.63. The van der Waals surface area contributed by atoms with Gasteiger partial charge in [-0.15, -0.1) is 0 Å². The highest BCUT2D eigenvalue weighted by molar-refractivity contribution is 5.84. The predicted molar refractivity (Wildman–Crippen MR) is 92.5 cm³/mol. The fraction of sp³-hybridized carbons (Fsp3) is 0.500. The molecule has 0 spiro atoms. The molecule has 0 radical (unpaired) electrons. The van der Waals surface area contributed by atoms with E-state index in [0.717, 1.165) is 16.5 Å². The normalized spacial score (nSPS) is 22.1. The summed E-state index contributed by atoms with van der Waals surface area (Å²) < 4.78 is 0. The van der Waals surface area contributed by atoms with Crippen molar-refractivity contribution in [1.29, 1.82) is 0 Å². The second kappa shape index (κ2) is 6.53. The van der Waals surface area contributed by atoms with Gasteiger partial charge in [0.2, 0.25) is 0 Å². The number of pyridine rings is 1. The number of nitrogens with one attached hydrogen (secondary N) is 3. The molecule has 118 valence electrons. The summed E-state index contributed by atoms with van der Waals surface area (Å²) in [6.45, 7) is 4.42. The Labute approximate surface area is 131 Å². The molecule has 1 aliphatic carbocycles. The number of benzene rings is 1. The summed E-state index contributed by atoms with van der Waals surface area (Å²) in [5.74, 6) is 0. The molecule has 0 atom stereocenters. The first-order valence-corrected chi connectivity index (χ1v) is 8.26. The largest absolute Gasteiger partial charge is 0.382 e. The first-order valence-electron chi connectivity index (χ1n) is 8.26. The summed E-state index contributed by atoms with van der Waals surface area (Å²) in [7, 11) is 0. The minimum absolute atomic E-state index is 0.0238. The van der Waals surface area contributed by atoms with Crippen LogP contribution in [-0.2, 0) is 0 Å². The molecule has 0 saturated heterocycles. The fourth-order valence-electron chi connectivity index (χ4n) is 3.39. The van der Waals surface area contributed by atoms with Crippen molar-refractivity contribution in [3.63, 3.8) is 0 Å². The van der Waals surface area contributed by atoms with Crippen LogP contribution in [0.5, 0.6) is 0 Å². The van der Waals surface area contributed by atoms with E-state index in [1.807, 2.05) is 18.2 Å². The topological polar surface area (TPSA) is 56.9 Å². The summed E-state index contributed by atoms with van der Waals surface area (Å²) in [4.78, 5) is 14.4. The van der Waals surface area contributed by atoms with Gasteiger partial charge in [-0.25, -0.2) is 0 Å². The van der Waals surface area contributed by atoms with Crippen LogP contribution in [0.3, 0.4) is 0 Å². The van der Waals surface area contributed by atoms with Crippen molar-refractivity contribution in [2.45, 2.75) is 57.7 Å². The number of rotatable bonds is 4. The van der Waals surface area contributed by atoms with Crippen molar-refractivity contribution in [1.82, 2.24) is 10.3 Å². The Morgan fingerprint density at radius 3 is 2.55 bits per heavy atom. The molecule has 4 heteroatoms. The minimum Gasteiger partial charge on any atom is -0.382 e. The molecule has 4 nitrogen and oxygen atoms in total. The van der Waals surface area contributed by atoms with Crippen LogP contribution in [0.4, 0.5) is 5.69 Å². The zero-order chi connectivity index (χ0) is 15.5. The predicted octanol–water partition coefficient (Wildman–Crippen LogP) is 3.25. The molecule has 22 heavy (non-hydrogen) atoms. The van der Waals surface area contributed by atoms with Crippen LogP contribution >= 0.6 is 0 Å². The third-order valence-electron chi connectivity index (χ3n) is 4.44. The van der Waals surface area contributed by atoms with E-state index in [0.29, 0.717) is 18.1 Å². The Morgan fingerprint density at radius 2 is 1.82 bits per heavy atom. The van der Waals surface area contributed by atoms with Gasteiger partial charge in [-0.2, -0.15) is 0 Å². The molecular weight excluding hydrogens is 274 g/mol. The smallest absolute Gasteiger partial charge is 0.255 e. The number of hydrogen-bond acceptors (Lipinski definition) is 3. The zero-order valence-corrected chi connectivity index (χ0v) is 13.4. The lowest BCUT2D eigenvalue weighted by molar-refractivity contribution is 0.336. The average molecular weight is 299 g/mol. The fourth-order valence-corrected chi connectivity index (χ4v) is 3.39. The van der Waals surface area contributed by atoms with Crippen LogP contribution in [0.1, 0.15) is 39.5 Å². The summed E-state index contributed by atoms with van der Waals surface area (Å²) >= 11 is 0. The van der Waals surface area contributed by atoms with E-state index in [-0.39, 0.29) is 5.56 Å². The van der Waals surface area contributed by atoms with Crippen molar-refractivity contribution < 1.29 is 0 Å². The van der Waals surface area contributed by atoms with E-state index in [1.165, 1.54) is 25.7 Å². The highest BCUT2D eigenvalue weighted by Crippen LogP contribution is 2.24. The standard InChI is InChI=1S/C18H25N3O/c1-12(2)20-14-3-5-15(6-4-14)21-16-7-8-17-13(11-16)9-10-19-18(17)22/h7-12,14-15,20-21H,3-6H2,1-2H3,(H,19,22). The van der Waals surface area contributed by atoms with Gasteiger partial charge >= 0.3 is 0 Å². The second-order valence-corrected chi connectivity index (χ2v) is 6.62. The first kappa shape index (κ1) is 15.1. The van der Waals surface area contributed by atoms with Crippen molar-refractivity contribution in [3.05, 3.63) is 40.8 Å². The molecular formula is C18H25N3O. The first-order chi connectivity index (χ1) is 10.6. The number of H-pyrrole nitrogens is 1. The van der Waals surface area contributed by atoms with Gasteiger partial charge < -0.3 is 15.6 Å². The molecule has 1 aromatic heterocycles. The van der Waals surface area contributed by atoms with E-state index in [4.69, 9.17) is 0 Å². The van der Waals surface area contributed by atoms with E-state index in [2.05, 4.69) is 35.5 Å². The van der Waals surface area contributed by atoms with E-state index in [1.54, 1.807) is 6.20 Å². The molecule has 0 unspecified atom stereocenters. The van der Waals surface area contributed by atoms with Crippen molar-refractivity contribution >= 4 is 16.5 Å². The van der Waals surface area contributed by atoms with Gasteiger partial charge in [-0.1, -0.05) is 13.8 Å². The molecule has 1 aliphatic rings. The van der Waals surface area contributed by atoms with Crippen molar-refractivity contribution in [3.8, 4) is 0 Å². The van der Waals surface area contributed by atoms with Crippen LogP contribution in [0, 0.1) is 0 Å². The SMILES string of the molecule is CC(C)NC1CCC(Nc2ccc3c(=O)[nH]ccc3c2)CC1. The van der Waals surface area contributed by atoms with Gasteiger partial charge in [0.15, 0.2) is 0 Å². The van der Waals surface area contributed by atoms with Crippen LogP contribution in [-0.4, -0.2) is 23.1 Å². The lowest BCUT2D eigenvalue weighted by atomic mass is 9.90. The van der Waals surface area contributed by atoms with Gasteiger partial charge in [0, 0.05) is 35.4 Å². The van der Waals surface area contributed by atoms with Crippen molar-refractivity contribution in [2.24, 2.45) is 0 Å². The van der Waals surface area contributed by atoms with E-state index >= 15 is 0 Å². The number of anilines is 1. The highest BCUT2D eigenvalue weighted by atomic mass is 16.1. The van der Waals surface area contributed by atoms with Crippen LogP contribution in [0.2, 0.25) is 0 Å². The third kappa shape index (κ3) is 3.50. The minimum atomic E-state index is -0.0238. The van der Waals surface area contributed by atoms with Gasteiger partial charge in [0.1, 0.15) is 0 Å². The molecule has 1 fully saturated rings. The van der Waals surface area contributed by atoms with Crippen LogP contribution in [0.15, 0.2) is 35.3 Å². The average Bonchev–Trinajstić information content (AvgIpc) is 2.49. The molecule has 1 heterocycles. The Hall–Kier alpha value is -1.81. The van der Waals surface area contributed by atoms with Crippen molar-refractivity contribution in [2.75, 3.05) is 5.32 Å². The summed E-state index contributed by atoms with van der Waals surface area (Å²) in [6.07, 6.45) is 6.54. The van der Waals surface area contributed by atoms with Gasteiger partial charge in [-0.3, -0.25) is 4.79 Å². The van der Waals surface area contributed by atoms with Gasteiger partial charge in [-0.05, 0) is 55.3 Å². The maximum atomic E-state index is 11.7. The number of hydrogen-bond donors (Lipinski definition) is 3. The number of aromatic amines is 1. The van der Waals surface area contributed by atoms with Crippen LogP contribution in [0.25, 0.3) is 10.8 Å². The van der Waals surface area contributed by atoms with Gasteiger partial charge in [0.25, 0.3) is 5.56 Å². The molecule has 1 aromatic carbocycles. The molecule has 1 saturated carbocycles.